The van der Waals surface area contributed by atoms with Crippen molar-refractivity contribution < 1.29 is 9.72 Å². The average molecular weight is 356 g/mol. The normalized spacial score (nSPS) is 10.9. The second-order valence-corrected chi connectivity index (χ2v) is 5.30. The molecule has 120 valence electrons. The highest BCUT2D eigenvalue weighted by atomic mass is 35.5. The van der Waals surface area contributed by atoms with Crippen LogP contribution in [0.3, 0.4) is 0 Å². The van der Waals surface area contributed by atoms with Crippen LogP contribution in [0.2, 0.25) is 10.0 Å². The molecule has 0 aliphatic rings. The molecule has 2 aromatic rings. The molecule has 0 saturated carbocycles. The Labute approximate surface area is 140 Å². The third kappa shape index (κ3) is 4.27. The minimum absolute atomic E-state index is 0.201. The molecule has 0 unspecified atom stereocenters. The summed E-state index contributed by atoms with van der Waals surface area (Å²) in [5, 5.41) is 18.9. The summed E-state index contributed by atoms with van der Waals surface area (Å²) in [5.74, 6) is -0.813. The van der Waals surface area contributed by atoms with E-state index in [0.29, 0.717) is 21.3 Å². The fourth-order valence-corrected chi connectivity index (χ4v) is 2.21. The van der Waals surface area contributed by atoms with Crippen LogP contribution in [0.25, 0.3) is 0 Å². The van der Waals surface area contributed by atoms with E-state index in [4.69, 9.17) is 23.2 Å². The van der Waals surface area contributed by atoms with Crippen molar-refractivity contribution >= 4 is 41.1 Å². The largest absolute Gasteiger partial charge is 0.390 e. The molecule has 1 heterocycles. The zero-order chi connectivity index (χ0) is 17.0. The number of benzene rings is 1. The van der Waals surface area contributed by atoms with E-state index in [1.54, 1.807) is 25.1 Å². The van der Waals surface area contributed by atoms with Crippen LogP contribution in [0, 0.1) is 17.0 Å². The molecule has 1 aromatic heterocycles. The van der Waals surface area contributed by atoms with Crippen molar-refractivity contribution in [1.29, 1.82) is 0 Å². The summed E-state index contributed by atoms with van der Waals surface area (Å²) in [5.41, 5.74) is 3.25. The maximum atomic E-state index is 11.8. The number of carbonyl (C=O) groups is 1. The Morgan fingerprint density at radius 2 is 2.13 bits per heavy atom. The van der Waals surface area contributed by atoms with Gasteiger partial charge in [-0.1, -0.05) is 29.3 Å². The topological polar surface area (TPSA) is 102 Å². The molecular weight excluding hydrogens is 345 g/mol. The van der Waals surface area contributed by atoms with Crippen molar-refractivity contribution in [3.8, 4) is 0 Å². The molecule has 8 nitrogen and oxygen atoms in total. The van der Waals surface area contributed by atoms with Gasteiger partial charge in [-0.25, -0.2) is 5.43 Å². The highest BCUT2D eigenvalue weighted by molar-refractivity contribution is 6.38. The first-order chi connectivity index (χ1) is 10.9. The summed E-state index contributed by atoms with van der Waals surface area (Å²) >= 11 is 11.9. The number of nitrogens with one attached hydrogen (secondary N) is 1. The van der Waals surface area contributed by atoms with Crippen LogP contribution in [0.15, 0.2) is 29.4 Å². The predicted octanol–water partition coefficient (Wildman–Crippen LogP) is 2.56. The minimum atomic E-state index is -0.626. The Morgan fingerprint density at radius 1 is 1.48 bits per heavy atom. The Bertz CT molecular complexity index is 768. The van der Waals surface area contributed by atoms with Gasteiger partial charge < -0.3 is 10.1 Å². The van der Waals surface area contributed by atoms with Crippen molar-refractivity contribution in [2.75, 3.05) is 0 Å². The molecule has 1 aromatic carbocycles. The van der Waals surface area contributed by atoms with E-state index < -0.39 is 10.8 Å². The van der Waals surface area contributed by atoms with Crippen molar-refractivity contribution in [2.24, 2.45) is 5.10 Å². The van der Waals surface area contributed by atoms with Crippen LogP contribution in [0.4, 0.5) is 5.82 Å². The third-order valence-electron chi connectivity index (χ3n) is 2.83. The fraction of sp³-hybridized carbons (Fsp3) is 0.154. The van der Waals surface area contributed by atoms with Gasteiger partial charge in [0.1, 0.15) is 6.54 Å². The molecule has 10 heteroatoms. The molecule has 0 radical (unpaired) electrons. The molecule has 0 saturated heterocycles. The van der Waals surface area contributed by atoms with Gasteiger partial charge in [-0.05, 0) is 24.0 Å². The first-order valence-corrected chi connectivity index (χ1v) is 7.09. The van der Waals surface area contributed by atoms with Crippen molar-refractivity contribution in [2.45, 2.75) is 13.5 Å². The number of aryl methyl sites for hydroxylation is 1. The first-order valence-electron chi connectivity index (χ1n) is 6.33. The number of nitro groups is 1. The highest BCUT2D eigenvalue weighted by Crippen LogP contribution is 2.21. The number of halogens is 2. The van der Waals surface area contributed by atoms with Crippen LogP contribution in [0.1, 0.15) is 11.3 Å². The van der Waals surface area contributed by atoms with E-state index in [1.165, 1.54) is 17.0 Å². The minimum Gasteiger partial charge on any atom is -0.358 e. The average Bonchev–Trinajstić information content (AvgIpc) is 2.83. The van der Waals surface area contributed by atoms with Gasteiger partial charge in [0.25, 0.3) is 5.91 Å². The summed E-state index contributed by atoms with van der Waals surface area (Å²) in [6.45, 7) is 1.41. The summed E-state index contributed by atoms with van der Waals surface area (Å²) in [7, 11) is 0. The molecule has 0 fully saturated rings. The van der Waals surface area contributed by atoms with Gasteiger partial charge in [0.15, 0.2) is 0 Å². The number of nitrogens with zero attached hydrogens (tertiary/aromatic N) is 4. The lowest BCUT2D eigenvalue weighted by Gasteiger charge is -2.01. The van der Waals surface area contributed by atoms with Crippen LogP contribution in [0.5, 0.6) is 0 Å². The van der Waals surface area contributed by atoms with Gasteiger partial charge in [0, 0.05) is 5.56 Å². The third-order valence-corrected chi connectivity index (χ3v) is 3.49. The van der Waals surface area contributed by atoms with Gasteiger partial charge in [-0.15, -0.1) is 0 Å². The molecule has 2 rings (SSSR count). The van der Waals surface area contributed by atoms with E-state index in [-0.39, 0.29) is 12.4 Å². The highest BCUT2D eigenvalue weighted by Gasteiger charge is 2.17. The molecule has 0 atom stereocenters. The molecule has 1 amide bonds. The van der Waals surface area contributed by atoms with Gasteiger partial charge in [-0.2, -0.15) is 9.78 Å². The zero-order valence-electron chi connectivity index (χ0n) is 11.9. The summed E-state index contributed by atoms with van der Waals surface area (Å²) in [6.07, 6.45) is 1.32. The number of aromatic nitrogens is 2. The van der Waals surface area contributed by atoms with E-state index in [2.05, 4.69) is 15.6 Å². The van der Waals surface area contributed by atoms with Gasteiger partial charge >= 0.3 is 5.82 Å². The number of hydrazone groups is 1. The number of rotatable bonds is 5. The molecule has 1 N–H and O–H groups in total. The summed E-state index contributed by atoms with van der Waals surface area (Å²) < 4.78 is 1.21. The second kappa shape index (κ2) is 7.21. The number of carbonyl (C=O) groups excluding carboxylic acids is 1. The standard InChI is InChI=1S/C13H11Cl2N5O3/c1-8-5-12(20(22)23)18-19(8)7-13(21)17-16-6-9-10(14)3-2-4-11(9)15/h2-6H,7H2,1H3,(H,17,21)/b16-6-. The maximum Gasteiger partial charge on any atom is 0.390 e. The lowest BCUT2D eigenvalue weighted by molar-refractivity contribution is -0.389. The molecule has 0 bridgehead atoms. The van der Waals surface area contributed by atoms with E-state index >= 15 is 0 Å². The summed E-state index contributed by atoms with van der Waals surface area (Å²) in [6, 6.07) is 6.25. The molecule has 0 aliphatic heterocycles. The molecule has 0 aliphatic carbocycles. The quantitative estimate of drug-likeness (QED) is 0.505. The lowest BCUT2D eigenvalue weighted by atomic mass is 10.2. The van der Waals surface area contributed by atoms with Gasteiger partial charge in [0.2, 0.25) is 0 Å². The monoisotopic (exact) mass is 355 g/mol. The van der Waals surface area contributed by atoms with Gasteiger partial charge in [0.05, 0.1) is 33.1 Å². The predicted molar refractivity (Wildman–Crippen MR) is 85.8 cm³/mol. The van der Waals surface area contributed by atoms with Crippen molar-refractivity contribution in [1.82, 2.24) is 15.2 Å². The van der Waals surface area contributed by atoms with Crippen molar-refractivity contribution in [3.63, 3.8) is 0 Å². The smallest absolute Gasteiger partial charge is 0.358 e. The first kappa shape index (κ1) is 16.9. The lowest BCUT2D eigenvalue weighted by Crippen LogP contribution is -2.24. The van der Waals surface area contributed by atoms with E-state index in [9.17, 15) is 14.9 Å². The van der Waals surface area contributed by atoms with Crippen LogP contribution in [-0.4, -0.2) is 26.8 Å². The molecule has 0 spiro atoms. The summed E-state index contributed by atoms with van der Waals surface area (Å²) in [4.78, 5) is 21.8. The van der Waals surface area contributed by atoms with Crippen LogP contribution in [-0.2, 0) is 11.3 Å². The Kier molecular flexibility index (Phi) is 5.30. The Morgan fingerprint density at radius 3 is 2.70 bits per heavy atom. The SMILES string of the molecule is Cc1cc([N+](=O)[O-])nn1CC(=O)N/N=C\c1c(Cl)cccc1Cl. The van der Waals surface area contributed by atoms with E-state index in [1.807, 2.05) is 0 Å². The van der Waals surface area contributed by atoms with Gasteiger partial charge in [-0.3, -0.25) is 4.79 Å². The van der Waals surface area contributed by atoms with Crippen molar-refractivity contribution in [3.05, 3.63) is 55.7 Å². The molecule has 23 heavy (non-hydrogen) atoms. The Balaban J connectivity index is 2.00. The number of hydrogen-bond donors (Lipinski definition) is 1. The van der Waals surface area contributed by atoms with E-state index in [0.717, 1.165) is 0 Å². The molecular formula is C13H11Cl2N5O3. The second-order valence-electron chi connectivity index (χ2n) is 4.49. The fourth-order valence-electron chi connectivity index (χ4n) is 1.72. The number of amides is 1. The van der Waals surface area contributed by atoms with Crippen LogP contribution < -0.4 is 5.43 Å². The number of hydrogen-bond acceptors (Lipinski definition) is 5. The zero-order valence-corrected chi connectivity index (χ0v) is 13.4. The van der Waals surface area contributed by atoms with Crippen LogP contribution >= 0.6 is 23.2 Å². The Hall–Kier alpha value is -2.45. The maximum absolute atomic E-state index is 11.8.